The average Bonchev–Trinajstić information content (AvgIpc) is 2.82. The molecule has 0 aromatic carbocycles. The minimum atomic E-state index is 0.0985. The fourth-order valence-corrected chi connectivity index (χ4v) is 2.93. The van der Waals surface area contributed by atoms with Gasteiger partial charge in [0.05, 0.1) is 6.54 Å². The van der Waals surface area contributed by atoms with Crippen molar-refractivity contribution in [2.75, 3.05) is 33.2 Å². The third-order valence-electron chi connectivity index (χ3n) is 4.57. The molecule has 4 nitrogen and oxygen atoms in total. The third-order valence-corrected chi connectivity index (χ3v) is 4.57. The molecule has 1 aliphatic heterocycles. The number of likely N-dealkylation sites (N-methyl/N-ethyl adjacent to an activating group) is 1. The molecule has 0 unspecified atom stereocenters. The van der Waals surface area contributed by atoms with Crippen molar-refractivity contribution in [3.05, 3.63) is 0 Å². The number of nitrogens with zero attached hydrogens (tertiary/aromatic N) is 2. The van der Waals surface area contributed by atoms with E-state index in [1.54, 1.807) is 0 Å². The zero-order valence-electron chi connectivity index (χ0n) is 12.0. The van der Waals surface area contributed by atoms with Gasteiger partial charge in [-0.15, -0.1) is 0 Å². The highest BCUT2D eigenvalue weighted by molar-refractivity contribution is 5.78. The van der Waals surface area contributed by atoms with Gasteiger partial charge in [0, 0.05) is 31.2 Å². The van der Waals surface area contributed by atoms with Crippen molar-refractivity contribution in [3.8, 4) is 0 Å². The van der Waals surface area contributed by atoms with Crippen molar-refractivity contribution < 1.29 is 4.79 Å². The number of hydrogen-bond donors (Lipinski definition) is 1. The van der Waals surface area contributed by atoms with Crippen molar-refractivity contribution in [1.82, 2.24) is 15.1 Å². The first kappa shape index (κ1) is 13.8. The lowest BCUT2D eigenvalue weighted by Gasteiger charge is -2.45. The number of piperazine rings is 1. The van der Waals surface area contributed by atoms with E-state index in [0.29, 0.717) is 12.6 Å². The second-order valence-corrected chi connectivity index (χ2v) is 6.41. The Balaban J connectivity index is 1.78. The van der Waals surface area contributed by atoms with Crippen LogP contribution in [0.2, 0.25) is 0 Å². The van der Waals surface area contributed by atoms with Crippen LogP contribution in [0.5, 0.6) is 0 Å². The lowest BCUT2D eigenvalue weighted by atomic mass is 10.00. The molecule has 104 valence electrons. The van der Waals surface area contributed by atoms with Crippen LogP contribution < -0.4 is 5.32 Å². The maximum absolute atomic E-state index is 12.2. The highest BCUT2D eigenvalue weighted by Crippen LogP contribution is 2.19. The summed E-state index contributed by atoms with van der Waals surface area (Å²) in [5.41, 5.74) is 0.0985. The molecule has 0 aromatic heterocycles. The predicted octanol–water partition coefficient (Wildman–Crippen LogP) is 1.07. The number of amides is 1. The minimum absolute atomic E-state index is 0.0985. The van der Waals surface area contributed by atoms with E-state index < -0.39 is 0 Å². The number of hydrogen-bond acceptors (Lipinski definition) is 3. The van der Waals surface area contributed by atoms with Gasteiger partial charge in [-0.25, -0.2) is 0 Å². The molecule has 0 aromatic rings. The lowest BCUT2D eigenvalue weighted by molar-refractivity contribution is -0.134. The van der Waals surface area contributed by atoms with E-state index in [4.69, 9.17) is 0 Å². The summed E-state index contributed by atoms with van der Waals surface area (Å²) >= 11 is 0. The summed E-state index contributed by atoms with van der Waals surface area (Å²) in [7, 11) is 2.14. The zero-order chi connectivity index (χ0) is 13.2. The Hall–Kier alpha value is -0.610. The first-order chi connectivity index (χ1) is 8.49. The van der Waals surface area contributed by atoms with Gasteiger partial charge in [0.1, 0.15) is 0 Å². The molecule has 18 heavy (non-hydrogen) atoms. The third kappa shape index (κ3) is 3.23. The molecule has 2 fully saturated rings. The first-order valence-electron chi connectivity index (χ1n) is 7.21. The van der Waals surface area contributed by atoms with Crippen LogP contribution in [0.25, 0.3) is 0 Å². The van der Waals surface area contributed by atoms with Crippen molar-refractivity contribution in [1.29, 1.82) is 0 Å². The maximum Gasteiger partial charge on any atom is 0.236 e. The van der Waals surface area contributed by atoms with Crippen LogP contribution in [0.3, 0.4) is 0 Å². The second kappa shape index (κ2) is 5.57. The van der Waals surface area contributed by atoms with Crippen LogP contribution in [0.1, 0.15) is 39.5 Å². The van der Waals surface area contributed by atoms with Crippen LogP contribution >= 0.6 is 0 Å². The van der Waals surface area contributed by atoms with Crippen LogP contribution in [-0.2, 0) is 4.79 Å². The van der Waals surface area contributed by atoms with E-state index in [1.165, 1.54) is 25.7 Å². The van der Waals surface area contributed by atoms with Gasteiger partial charge in [0.15, 0.2) is 0 Å². The Labute approximate surface area is 111 Å². The normalized spacial score (nSPS) is 25.6. The van der Waals surface area contributed by atoms with Crippen LogP contribution in [-0.4, -0.2) is 60.5 Å². The van der Waals surface area contributed by atoms with Gasteiger partial charge < -0.3 is 10.2 Å². The molecule has 1 saturated heterocycles. The smallest absolute Gasteiger partial charge is 0.236 e. The summed E-state index contributed by atoms with van der Waals surface area (Å²) in [6, 6.07) is 0.578. The van der Waals surface area contributed by atoms with Crippen LogP contribution in [0.15, 0.2) is 0 Å². The van der Waals surface area contributed by atoms with Crippen LogP contribution in [0.4, 0.5) is 0 Å². The summed E-state index contributed by atoms with van der Waals surface area (Å²) < 4.78 is 0. The first-order valence-corrected chi connectivity index (χ1v) is 7.21. The van der Waals surface area contributed by atoms with Crippen molar-refractivity contribution >= 4 is 5.91 Å². The summed E-state index contributed by atoms with van der Waals surface area (Å²) in [5.74, 6) is 0.267. The predicted molar refractivity (Wildman–Crippen MR) is 73.5 cm³/mol. The van der Waals surface area contributed by atoms with Crippen molar-refractivity contribution in [2.45, 2.75) is 51.1 Å². The number of carbonyl (C=O) groups is 1. The summed E-state index contributed by atoms with van der Waals surface area (Å²) in [6.45, 7) is 7.61. The van der Waals surface area contributed by atoms with Gasteiger partial charge in [0.2, 0.25) is 5.91 Å². The standard InChI is InChI=1S/C14H27N3O/c1-14(2)11-17(9-8-16(14)3)13(18)10-15-12-6-4-5-7-12/h12,15H,4-11H2,1-3H3. The molecule has 1 N–H and O–H groups in total. The molecule has 0 atom stereocenters. The van der Waals surface area contributed by atoms with E-state index >= 15 is 0 Å². The topological polar surface area (TPSA) is 35.6 Å². The number of nitrogens with one attached hydrogen (secondary N) is 1. The van der Waals surface area contributed by atoms with Gasteiger partial charge in [0.25, 0.3) is 0 Å². The van der Waals surface area contributed by atoms with Crippen molar-refractivity contribution in [2.24, 2.45) is 0 Å². The van der Waals surface area contributed by atoms with Gasteiger partial charge >= 0.3 is 0 Å². The Bertz CT molecular complexity index is 297. The molecule has 0 bridgehead atoms. The molecule has 1 aliphatic carbocycles. The lowest BCUT2D eigenvalue weighted by Crippen LogP contribution is -2.60. The van der Waals surface area contributed by atoms with E-state index in [-0.39, 0.29) is 11.4 Å². The van der Waals surface area contributed by atoms with Gasteiger partial charge in [-0.2, -0.15) is 0 Å². The maximum atomic E-state index is 12.2. The number of carbonyl (C=O) groups excluding carboxylic acids is 1. The Morgan fingerprint density at radius 2 is 1.94 bits per heavy atom. The molecule has 1 heterocycles. The molecule has 1 saturated carbocycles. The van der Waals surface area contributed by atoms with Gasteiger partial charge in [-0.05, 0) is 33.7 Å². The molecule has 0 radical (unpaired) electrons. The molecule has 0 spiro atoms. The molecular formula is C14H27N3O. The zero-order valence-corrected chi connectivity index (χ0v) is 12.0. The quantitative estimate of drug-likeness (QED) is 0.817. The molecule has 1 amide bonds. The molecule has 2 aliphatic rings. The van der Waals surface area contributed by atoms with Gasteiger partial charge in [-0.3, -0.25) is 9.69 Å². The minimum Gasteiger partial charge on any atom is -0.338 e. The molecule has 2 rings (SSSR count). The fourth-order valence-electron chi connectivity index (χ4n) is 2.93. The monoisotopic (exact) mass is 253 g/mol. The van der Waals surface area contributed by atoms with E-state index in [0.717, 1.165) is 19.6 Å². The summed E-state index contributed by atoms with van der Waals surface area (Å²) in [6.07, 6.45) is 5.10. The summed E-state index contributed by atoms with van der Waals surface area (Å²) in [5, 5.41) is 3.41. The Kier molecular flexibility index (Phi) is 4.28. The van der Waals surface area contributed by atoms with Gasteiger partial charge in [-0.1, -0.05) is 12.8 Å². The highest BCUT2D eigenvalue weighted by Gasteiger charge is 2.33. The highest BCUT2D eigenvalue weighted by atomic mass is 16.2. The largest absolute Gasteiger partial charge is 0.338 e. The Morgan fingerprint density at radius 1 is 1.28 bits per heavy atom. The van der Waals surface area contributed by atoms with E-state index in [9.17, 15) is 4.79 Å². The SMILES string of the molecule is CN1CCN(C(=O)CNC2CCCC2)CC1(C)C. The summed E-state index contributed by atoms with van der Waals surface area (Å²) in [4.78, 5) is 16.5. The van der Waals surface area contributed by atoms with Crippen molar-refractivity contribution in [3.63, 3.8) is 0 Å². The fraction of sp³-hybridized carbons (Fsp3) is 0.929. The Morgan fingerprint density at radius 3 is 2.56 bits per heavy atom. The van der Waals surface area contributed by atoms with E-state index in [2.05, 4.69) is 31.1 Å². The van der Waals surface area contributed by atoms with Crippen LogP contribution in [0, 0.1) is 0 Å². The average molecular weight is 253 g/mol. The van der Waals surface area contributed by atoms with E-state index in [1.807, 2.05) is 4.90 Å². The molecule has 4 heteroatoms. The number of rotatable bonds is 3. The second-order valence-electron chi connectivity index (χ2n) is 6.41. The molecular weight excluding hydrogens is 226 g/mol.